The normalized spacial score (nSPS) is 12.9. The molecule has 0 saturated heterocycles. The van der Waals surface area contributed by atoms with Crippen molar-refractivity contribution in [2.45, 2.75) is 19.4 Å². The molecule has 0 amide bonds. The molecule has 1 aromatic carbocycles. The molecular formula is C15H16N2O2. The summed E-state index contributed by atoms with van der Waals surface area (Å²) in [6, 6.07) is 11.8. The number of aryl methyl sites for hydroxylation is 1. The Kier molecular flexibility index (Phi) is 3.11. The standard InChI is InChI=1S/C15H16N2O2/c1-10-4-5-14-11(7-10)8-15(19-14)13(17-16)9-12-3-2-6-18-12/h2-8,13,17H,9,16H2,1H3. The third-order valence-corrected chi connectivity index (χ3v) is 3.22. The van der Waals surface area contributed by atoms with Crippen LogP contribution in [0.15, 0.2) is 51.5 Å². The quantitative estimate of drug-likeness (QED) is 0.556. The molecule has 2 aromatic heterocycles. The minimum absolute atomic E-state index is 0.0983. The fourth-order valence-corrected chi connectivity index (χ4v) is 2.23. The molecule has 4 heteroatoms. The predicted molar refractivity (Wildman–Crippen MR) is 73.4 cm³/mol. The average Bonchev–Trinajstić information content (AvgIpc) is 3.03. The maximum atomic E-state index is 5.84. The second-order valence-corrected chi connectivity index (χ2v) is 4.69. The van der Waals surface area contributed by atoms with Crippen LogP contribution in [0, 0.1) is 6.92 Å². The highest BCUT2D eigenvalue weighted by Crippen LogP contribution is 2.26. The zero-order chi connectivity index (χ0) is 13.2. The van der Waals surface area contributed by atoms with Crippen molar-refractivity contribution in [1.82, 2.24) is 5.43 Å². The maximum Gasteiger partial charge on any atom is 0.134 e. The van der Waals surface area contributed by atoms with Gasteiger partial charge in [0.1, 0.15) is 17.1 Å². The van der Waals surface area contributed by atoms with E-state index in [0.29, 0.717) is 6.42 Å². The number of hydrogen-bond donors (Lipinski definition) is 2. The lowest BCUT2D eigenvalue weighted by molar-refractivity contribution is 0.401. The lowest BCUT2D eigenvalue weighted by Crippen LogP contribution is -2.29. The Morgan fingerprint density at radius 2 is 2.16 bits per heavy atom. The zero-order valence-electron chi connectivity index (χ0n) is 10.7. The summed E-state index contributed by atoms with van der Waals surface area (Å²) in [6.07, 6.45) is 2.31. The molecule has 98 valence electrons. The van der Waals surface area contributed by atoms with Gasteiger partial charge in [-0.25, -0.2) is 5.43 Å². The van der Waals surface area contributed by atoms with Crippen molar-refractivity contribution >= 4 is 11.0 Å². The molecule has 4 nitrogen and oxygen atoms in total. The highest BCUT2D eigenvalue weighted by Gasteiger charge is 2.17. The second kappa shape index (κ2) is 4.91. The van der Waals surface area contributed by atoms with E-state index < -0.39 is 0 Å². The largest absolute Gasteiger partial charge is 0.469 e. The van der Waals surface area contributed by atoms with Gasteiger partial charge in [0.2, 0.25) is 0 Å². The summed E-state index contributed by atoms with van der Waals surface area (Å²) >= 11 is 0. The molecule has 3 rings (SSSR count). The lowest BCUT2D eigenvalue weighted by atomic mass is 10.1. The molecule has 0 aliphatic rings. The van der Waals surface area contributed by atoms with E-state index >= 15 is 0 Å². The molecule has 0 aliphatic carbocycles. The number of nitrogens with two attached hydrogens (primary N) is 1. The summed E-state index contributed by atoms with van der Waals surface area (Å²) < 4.78 is 11.2. The van der Waals surface area contributed by atoms with Crippen LogP contribution in [0.3, 0.4) is 0 Å². The van der Waals surface area contributed by atoms with Crippen LogP contribution in [0.4, 0.5) is 0 Å². The summed E-state index contributed by atoms with van der Waals surface area (Å²) in [5, 5.41) is 1.09. The van der Waals surface area contributed by atoms with E-state index in [9.17, 15) is 0 Å². The minimum Gasteiger partial charge on any atom is -0.469 e. The third kappa shape index (κ3) is 2.41. The van der Waals surface area contributed by atoms with Gasteiger partial charge in [-0.05, 0) is 37.3 Å². The molecular weight excluding hydrogens is 240 g/mol. The molecule has 3 N–H and O–H groups in total. The fraction of sp³-hybridized carbons (Fsp3) is 0.200. The Hall–Kier alpha value is -2.04. The van der Waals surface area contributed by atoms with Gasteiger partial charge in [-0.1, -0.05) is 11.6 Å². The van der Waals surface area contributed by atoms with Crippen molar-refractivity contribution < 1.29 is 8.83 Å². The number of hydrogen-bond acceptors (Lipinski definition) is 4. The summed E-state index contributed by atoms with van der Waals surface area (Å²) in [4.78, 5) is 0. The van der Waals surface area contributed by atoms with E-state index in [4.69, 9.17) is 14.7 Å². The Bertz CT molecular complexity index is 671. The van der Waals surface area contributed by atoms with Crippen LogP contribution in [0.1, 0.15) is 23.1 Å². The van der Waals surface area contributed by atoms with E-state index in [2.05, 4.69) is 18.4 Å². The molecule has 0 bridgehead atoms. The van der Waals surface area contributed by atoms with Crippen molar-refractivity contribution in [1.29, 1.82) is 0 Å². The van der Waals surface area contributed by atoms with Gasteiger partial charge in [0.05, 0.1) is 12.3 Å². The first kappa shape index (κ1) is 12.0. The fourth-order valence-electron chi connectivity index (χ4n) is 2.23. The minimum atomic E-state index is -0.0983. The number of hydrazine groups is 1. The van der Waals surface area contributed by atoms with Gasteiger partial charge < -0.3 is 8.83 Å². The summed E-state index contributed by atoms with van der Waals surface area (Å²) in [5.41, 5.74) is 4.86. The van der Waals surface area contributed by atoms with Crippen LogP contribution in [-0.2, 0) is 6.42 Å². The summed E-state index contributed by atoms with van der Waals surface area (Å²) in [6.45, 7) is 2.06. The first-order valence-electron chi connectivity index (χ1n) is 6.25. The second-order valence-electron chi connectivity index (χ2n) is 4.69. The van der Waals surface area contributed by atoms with Crippen LogP contribution >= 0.6 is 0 Å². The molecule has 0 fully saturated rings. The zero-order valence-corrected chi connectivity index (χ0v) is 10.7. The highest BCUT2D eigenvalue weighted by atomic mass is 16.3. The third-order valence-electron chi connectivity index (χ3n) is 3.22. The highest BCUT2D eigenvalue weighted by molar-refractivity contribution is 5.78. The first-order valence-corrected chi connectivity index (χ1v) is 6.25. The number of furan rings is 2. The molecule has 3 aromatic rings. The van der Waals surface area contributed by atoms with E-state index in [-0.39, 0.29) is 6.04 Å². The van der Waals surface area contributed by atoms with Crippen LogP contribution in [-0.4, -0.2) is 0 Å². The molecule has 1 atom stereocenters. The molecule has 19 heavy (non-hydrogen) atoms. The molecule has 0 spiro atoms. The number of fused-ring (bicyclic) bond motifs is 1. The van der Waals surface area contributed by atoms with Crippen molar-refractivity contribution in [3.63, 3.8) is 0 Å². The summed E-state index contributed by atoms with van der Waals surface area (Å²) in [7, 11) is 0. The molecule has 0 saturated carbocycles. The Balaban J connectivity index is 1.92. The van der Waals surface area contributed by atoms with Gasteiger partial charge in [0.15, 0.2) is 0 Å². The van der Waals surface area contributed by atoms with Gasteiger partial charge in [0.25, 0.3) is 0 Å². The van der Waals surface area contributed by atoms with Gasteiger partial charge in [-0.2, -0.15) is 0 Å². The van der Waals surface area contributed by atoms with E-state index in [0.717, 1.165) is 22.5 Å². The van der Waals surface area contributed by atoms with Gasteiger partial charge >= 0.3 is 0 Å². The Morgan fingerprint density at radius 1 is 1.26 bits per heavy atom. The Labute approximate surface area is 111 Å². The average molecular weight is 256 g/mol. The smallest absolute Gasteiger partial charge is 0.134 e. The van der Waals surface area contributed by atoms with Crippen molar-refractivity contribution in [3.05, 3.63) is 59.7 Å². The van der Waals surface area contributed by atoms with Crippen LogP contribution in [0.5, 0.6) is 0 Å². The molecule has 2 heterocycles. The van der Waals surface area contributed by atoms with E-state index in [1.807, 2.05) is 30.3 Å². The van der Waals surface area contributed by atoms with E-state index in [1.54, 1.807) is 6.26 Å². The number of benzene rings is 1. The molecule has 0 aliphatic heterocycles. The van der Waals surface area contributed by atoms with Gasteiger partial charge in [-0.15, -0.1) is 0 Å². The van der Waals surface area contributed by atoms with Crippen molar-refractivity contribution in [2.24, 2.45) is 5.84 Å². The summed E-state index contributed by atoms with van der Waals surface area (Å²) in [5.74, 6) is 7.32. The maximum absolute atomic E-state index is 5.84. The molecule has 1 unspecified atom stereocenters. The van der Waals surface area contributed by atoms with Gasteiger partial charge in [0, 0.05) is 11.8 Å². The van der Waals surface area contributed by atoms with Crippen molar-refractivity contribution in [2.75, 3.05) is 0 Å². The van der Waals surface area contributed by atoms with Crippen LogP contribution in [0.2, 0.25) is 0 Å². The monoisotopic (exact) mass is 256 g/mol. The Morgan fingerprint density at radius 3 is 2.89 bits per heavy atom. The predicted octanol–water partition coefficient (Wildman–Crippen LogP) is 3.08. The molecule has 0 radical (unpaired) electrons. The van der Waals surface area contributed by atoms with Crippen LogP contribution in [0.25, 0.3) is 11.0 Å². The number of rotatable bonds is 4. The number of nitrogens with one attached hydrogen (secondary N) is 1. The lowest BCUT2D eigenvalue weighted by Gasteiger charge is -2.11. The first-order chi connectivity index (χ1) is 9.26. The van der Waals surface area contributed by atoms with Gasteiger partial charge in [-0.3, -0.25) is 5.84 Å². The van der Waals surface area contributed by atoms with Crippen LogP contribution < -0.4 is 11.3 Å². The van der Waals surface area contributed by atoms with E-state index in [1.165, 1.54) is 5.56 Å². The SMILES string of the molecule is Cc1ccc2oc(C(Cc3ccco3)NN)cc2c1. The topological polar surface area (TPSA) is 64.3 Å². The van der Waals surface area contributed by atoms with Crippen molar-refractivity contribution in [3.8, 4) is 0 Å².